The highest BCUT2D eigenvalue weighted by Crippen LogP contribution is 2.13. The summed E-state index contributed by atoms with van der Waals surface area (Å²) in [5.74, 6) is -0.379. The normalized spacial score (nSPS) is 10.1. The Balaban J connectivity index is 2.12. The van der Waals surface area contributed by atoms with E-state index in [1.54, 1.807) is 42.5 Å². The molecule has 5 heteroatoms. The number of hydrogen-bond acceptors (Lipinski definition) is 2. The van der Waals surface area contributed by atoms with Gasteiger partial charge in [-0.05, 0) is 42.0 Å². The van der Waals surface area contributed by atoms with Gasteiger partial charge in [0.25, 0.3) is 5.91 Å². The first-order chi connectivity index (χ1) is 9.60. The number of carbonyl (C=O) groups is 2. The summed E-state index contributed by atoms with van der Waals surface area (Å²) in [6, 6.07) is 13.5. The summed E-state index contributed by atoms with van der Waals surface area (Å²) in [4.78, 5) is 23.0. The van der Waals surface area contributed by atoms with Crippen LogP contribution in [0.4, 0.5) is 5.69 Å². The molecule has 20 heavy (non-hydrogen) atoms. The third-order valence-electron chi connectivity index (χ3n) is 2.77. The first-order valence-corrected chi connectivity index (χ1v) is 6.49. The first-order valence-electron chi connectivity index (χ1n) is 5.96. The lowest BCUT2D eigenvalue weighted by atomic mass is 10.1. The average molecular weight is 289 g/mol. The van der Waals surface area contributed by atoms with Gasteiger partial charge in [-0.25, -0.2) is 0 Å². The first kappa shape index (κ1) is 14.1. The number of anilines is 1. The monoisotopic (exact) mass is 288 g/mol. The zero-order valence-electron chi connectivity index (χ0n) is 10.6. The number of amides is 2. The van der Waals surface area contributed by atoms with Crippen molar-refractivity contribution in [2.45, 2.75) is 5.88 Å². The molecule has 0 atom stereocenters. The van der Waals surface area contributed by atoms with E-state index in [1.165, 1.54) is 0 Å². The van der Waals surface area contributed by atoms with Gasteiger partial charge in [-0.2, -0.15) is 0 Å². The molecule has 2 rings (SSSR count). The van der Waals surface area contributed by atoms with Crippen molar-refractivity contribution in [2.75, 3.05) is 5.32 Å². The van der Waals surface area contributed by atoms with Crippen molar-refractivity contribution in [3.8, 4) is 0 Å². The van der Waals surface area contributed by atoms with E-state index in [0.29, 0.717) is 22.7 Å². The van der Waals surface area contributed by atoms with Gasteiger partial charge in [0.1, 0.15) is 0 Å². The molecule has 0 heterocycles. The minimum atomic E-state index is -0.502. The number of nitrogens with two attached hydrogens (primary N) is 1. The van der Waals surface area contributed by atoms with Gasteiger partial charge in [0.2, 0.25) is 5.91 Å². The summed E-state index contributed by atoms with van der Waals surface area (Å²) >= 11 is 5.74. The molecule has 0 aliphatic rings. The summed E-state index contributed by atoms with van der Waals surface area (Å²) in [5.41, 5.74) is 7.55. The van der Waals surface area contributed by atoms with Crippen LogP contribution in [0.3, 0.4) is 0 Å². The van der Waals surface area contributed by atoms with Crippen LogP contribution in [0.5, 0.6) is 0 Å². The van der Waals surface area contributed by atoms with Crippen LogP contribution in [-0.4, -0.2) is 11.8 Å². The Labute approximate surface area is 121 Å². The van der Waals surface area contributed by atoms with E-state index in [2.05, 4.69) is 5.32 Å². The number of halogens is 1. The third kappa shape index (κ3) is 3.36. The van der Waals surface area contributed by atoms with Crippen molar-refractivity contribution < 1.29 is 9.59 Å². The molecule has 0 unspecified atom stereocenters. The molecule has 0 aromatic heterocycles. The van der Waals surface area contributed by atoms with Gasteiger partial charge in [0.15, 0.2) is 0 Å². The molecule has 0 saturated heterocycles. The molecular formula is C15H13ClN2O2. The van der Waals surface area contributed by atoms with E-state index >= 15 is 0 Å². The lowest BCUT2D eigenvalue weighted by Crippen LogP contribution is -2.13. The Kier molecular flexibility index (Phi) is 4.38. The van der Waals surface area contributed by atoms with Gasteiger partial charge in [-0.15, -0.1) is 11.6 Å². The van der Waals surface area contributed by atoms with Crippen LogP contribution >= 0.6 is 11.6 Å². The Morgan fingerprint density at radius 3 is 2.35 bits per heavy atom. The molecule has 102 valence electrons. The van der Waals surface area contributed by atoms with Crippen LogP contribution in [0.25, 0.3) is 0 Å². The fraction of sp³-hybridized carbons (Fsp3) is 0.0667. The molecule has 2 aromatic rings. The highest BCUT2D eigenvalue weighted by Gasteiger charge is 2.07. The van der Waals surface area contributed by atoms with Crippen LogP contribution in [0.15, 0.2) is 48.5 Å². The maximum atomic E-state index is 12.1. The lowest BCUT2D eigenvalue weighted by Gasteiger charge is -2.06. The maximum absolute atomic E-state index is 12.1. The summed E-state index contributed by atoms with van der Waals surface area (Å²) in [7, 11) is 0. The molecular weight excluding hydrogens is 276 g/mol. The van der Waals surface area contributed by atoms with Crippen LogP contribution in [0.2, 0.25) is 0 Å². The minimum absolute atomic E-state index is 0.233. The number of carbonyl (C=O) groups excluding carboxylic acids is 2. The van der Waals surface area contributed by atoms with Crippen LogP contribution in [0.1, 0.15) is 26.3 Å². The van der Waals surface area contributed by atoms with Crippen molar-refractivity contribution in [1.82, 2.24) is 0 Å². The SMILES string of the molecule is NC(=O)c1ccc(NC(=O)c2cccc(CCl)c2)cc1. The zero-order valence-corrected chi connectivity index (χ0v) is 11.4. The molecule has 0 aliphatic heterocycles. The predicted octanol–water partition coefficient (Wildman–Crippen LogP) is 2.78. The lowest BCUT2D eigenvalue weighted by molar-refractivity contribution is 0.0998. The Morgan fingerprint density at radius 2 is 1.75 bits per heavy atom. The third-order valence-corrected chi connectivity index (χ3v) is 3.08. The van der Waals surface area contributed by atoms with Crippen LogP contribution < -0.4 is 11.1 Å². The Morgan fingerprint density at radius 1 is 1.05 bits per heavy atom. The standard InChI is InChI=1S/C15H13ClN2O2/c16-9-10-2-1-3-12(8-10)15(20)18-13-6-4-11(5-7-13)14(17)19/h1-8H,9H2,(H2,17,19)(H,18,20). The fourth-order valence-electron chi connectivity index (χ4n) is 1.72. The molecule has 0 bridgehead atoms. The molecule has 0 aliphatic carbocycles. The zero-order chi connectivity index (χ0) is 14.5. The molecule has 2 amide bonds. The summed E-state index contributed by atoms with van der Waals surface area (Å²) in [6.07, 6.45) is 0. The van der Waals surface area contributed by atoms with Crippen molar-refractivity contribution >= 4 is 29.1 Å². The molecule has 2 aromatic carbocycles. The van der Waals surface area contributed by atoms with E-state index in [1.807, 2.05) is 6.07 Å². The van der Waals surface area contributed by atoms with Crippen LogP contribution in [-0.2, 0) is 5.88 Å². The largest absolute Gasteiger partial charge is 0.366 e. The molecule has 0 fully saturated rings. The molecule has 0 saturated carbocycles. The van der Waals surface area contributed by atoms with Gasteiger partial charge in [-0.3, -0.25) is 9.59 Å². The number of nitrogens with one attached hydrogen (secondary N) is 1. The van der Waals surface area contributed by atoms with E-state index < -0.39 is 5.91 Å². The molecule has 0 spiro atoms. The Bertz CT molecular complexity index is 639. The van der Waals surface area contributed by atoms with Gasteiger partial charge in [0, 0.05) is 22.7 Å². The summed E-state index contributed by atoms with van der Waals surface area (Å²) in [5, 5.41) is 2.74. The molecule has 3 N–H and O–H groups in total. The van der Waals surface area contributed by atoms with E-state index in [0.717, 1.165) is 5.56 Å². The predicted molar refractivity (Wildman–Crippen MR) is 78.9 cm³/mol. The number of rotatable bonds is 4. The fourth-order valence-corrected chi connectivity index (χ4v) is 1.88. The highest BCUT2D eigenvalue weighted by molar-refractivity contribution is 6.17. The quantitative estimate of drug-likeness (QED) is 0.849. The number of hydrogen-bond donors (Lipinski definition) is 2. The smallest absolute Gasteiger partial charge is 0.255 e. The summed E-state index contributed by atoms with van der Waals surface area (Å²) in [6.45, 7) is 0. The van der Waals surface area contributed by atoms with E-state index in [4.69, 9.17) is 17.3 Å². The molecule has 0 radical (unpaired) electrons. The summed E-state index contributed by atoms with van der Waals surface area (Å²) < 4.78 is 0. The second kappa shape index (κ2) is 6.21. The van der Waals surface area contributed by atoms with Gasteiger partial charge < -0.3 is 11.1 Å². The number of benzene rings is 2. The van der Waals surface area contributed by atoms with E-state index in [9.17, 15) is 9.59 Å². The minimum Gasteiger partial charge on any atom is -0.366 e. The topological polar surface area (TPSA) is 72.2 Å². The highest BCUT2D eigenvalue weighted by atomic mass is 35.5. The van der Waals surface area contributed by atoms with Crippen LogP contribution in [0, 0.1) is 0 Å². The second-order valence-electron chi connectivity index (χ2n) is 4.23. The van der Waals surface area contributed by atoms with Crippen molar-refractivity contribution in [3.63, 3.8) is 0 Å². The van der Waals surface area contributed by atoms with Crippen molar-refractivity contribution in [2.24, 2.45) is 5.73 Å². The van der Waals surface area contributed by atoms with Gasteiger partial charge in [-0.1, -0.05) is 12.1 Å². The van der Waals surface area contributed by atoms with E-state index in [-0.39, 0.29) is 5.91 Å². The number of primary amides is 1. The number of alkyl halides is 1. The maximum Gasteiger partial charge on any atom is 0.255 e. The Hall–Kier alpha value is -2.33. The average Bonchev–Trinajstić information content (AvgIpc) is 2.47. The van der Waals surface area contributed by atoms with Crippen molar-refractivity contribution in [3.05, 3.63) is 65.2 Å². The molecule has 4 nitrogen and oxygen atoms in total. The van der Waals surface area contributed by atoms with Crippen molar-refractivity contribution in [1.29, 1.82) is 0 Å². The second-order valence-corrected chi connectivity index (χ2v) is 4.50. The van der Waals surface area contributed by atoms with Gasteiger partial charge in [0.05, 0.1) is 0 Å². The van der Waals surface area contributed by atoms with Gasteiger partial charge >= 0.3 is 0 Å².